The van der Waals surface area contributed by atoms with Gasteiger partial charge < -0.3 is 14.7 Å². The van der Waals surface area contributed by atoms with Crippen molar-refractivity contribution in [3.05, 3.63) is 52.4 Å². The summed E-state index contributed by atoms with van der Waals surface area (Å²) in [5.74, 6) is 0.580. The summed E-state index contributed by atoms with van der Waals surface area (Å²) >= 11 is 6.34. The van der Waals surface area contributed by atoms with Crippen molar-refractivity contribution < 1.29 is 9.32 Å². The molecule has 5 nitrogen and oxygen atoms in total. The molecule has 1 saturated heterocycles. The first-order valence-corrected chi connectivity index (χ1v) is 8.49. The van der Waals surface area contributed by atoms with E-state index < -0.39 is 0 Å². The van der Waals surface area contributed by atoms with Crippen LogP contribution in [0.4, 0.5) is 0 Å². The van der Waals surface area contributed by atoms with Crippen molar-refractivity contribution in [1.82, 2.24) is 15.4 Å². The molecule has 1 aromatic heterocycles. The van der Waals surface area contributed by atoms with E-state index in [-0.39, 0.29) is 29.8 Å². The lowest BCUT2D eigenvalue weighted by Gasteiger charge is -2.36. The molecule has 1 aliphatic rings. The van der Waals surface area contributed by atoms with Gasteiger partial charge in [0.25, 0.3) is 5.91 Å². The van der Waals surface area contributed by atoms with Crippen LogP contribution in [-0.2, 0) is 5.41 Å². The molecule has 1 fully saturated rings. The molecule has 1 aliphatic heterocycles. The Balaban J connectivity index is 0.00000225. The Morgan fingerprint density at radius 1 is 1.36 bits per heavy atom. The molecule has 0 saturated carbocycles. The number of aromatic nitrogens is 1. The number of carbonyl (C=O) groups excluding carboxylic acids is 1. The second-order valence-corrected chi connectivity index (χ2v) is 7.47. The number of amides is 1. The third-order valence-electron chi connectivity index (χ3n) is 4.24. The summed E-state index contributed by atoms with van der Waals surface area (Å²) in [6, 6.07) is 9.27. The van der Waals surface area contributed by atoms with Crippen LogP contribution in [0.15, 0.2) is 34.9 Å². The number of benzene rings is 1. The maximum atomic E-state index is 13.0. The Bertz CT molecular complexity index is 740. The highest BCUT2D eigenvalue weighted by molar-refractivity contribution is 6.31. The molecular weight excluding hydrogens is 361 g/mol. The van der Waals surface area contributed by atoms with Crippen molar-refractivity contribution in [1.29, 1.82) is 0 Å². The zero-order valence-corrected chi connectivity index (χ0v) is 16.2. The maximum Gasteiger partial charge on any atom is 0.276 e. The fraction of sp³-hybridized carbons (Fsp3) is 0.444. The van der Waals surface area contributed by atoms with E-state index in [9.17, 15) is 4.79 Å². The molecule has 1 N–H and O–H groups in total. The van der Waals surface area contributed by atoms with E-state index in [4.69, 9.17) is 16.1 Å². The number of hydrogen-bond acceptors (Lipinski definition) is 4. The fourth-order valence-electron chi connectivity index (χ4n) is 2.85. The molecule has 136 valence electrons. The molecular formula is C18H23Cl2N3O2. The zero-order chi connectivity index (χ0) is 17.3. The SMILES string of the molecule is CC(C)(C)c1cc(C(=O)N2CCNCC2c2ccccc2Cl)no1.Cl. The van der Waals surface area contributed by atoms with E-state index in [1.54, 1.807) is 6.07 Å². The monoisotopic (exact) mass is 383 g/mol. The van der Waals surface area contributed by atoms with Crippen LogP contribution in [0.25, 0.3) is 0 Å². The summed E-state index contributed by atoms with van der Waals surface area (Å²) in [5.41, 5.74) is 1.11. The van der Waals surface area contributed by atoms with Crippen LogP contribution in [0, 0.1) is 0 Å². The van der Waals surface area contributed by atoms with Gasteiger partial charge in [0.2, 0.25) is 0 Å². The molecule has 2 heterocycles. The Morgan fingerprint density at radius 2 is 2.08 bits per heavy atom. The highest BCUT2D eigenvalue weighted by Crippen LogP contribution is 2.30. The molecule has 1 atom stereocenters. The predicted molar refractivity (Wildman–Crippen MR) is 101 cm³/mol. The van der Waals surface area contributed by atoms with E-state index >= 15 is 0 Å². The molecule has 0 radical (unpaired) electrons. The average molecular weight is 384 g/mol. The number of piperazine rings is 1. The minimum absolute atomic E-state index is 0. The normalized spacial score (nSPS) is 17.9. The fourth-order valence-corrected chi connectivity index (χ4v) is 3.11. The van der Waals surface area contributed by atoms with Gasteiger partial charge in [-0.3, -0.25) is 4.79 Å². The van der Waals surface area contributed by atoms with Crippen LogP contribution in [-0.4, -0.2) is 35.6 Å². The standard InChI is InChI=1S/C18H22ClN3O2.ClH/c1-18(2,3)16-10-14(21-24-16)17(23)22-9-8-20-11-15(22)12-6-4-5-7-13(12)19;/h4-7,10,15,20H,8-9,11H2,1-3H3;1H. The van der Waals surface area contributed by atoms with E-state index in [1.807, 2.05) is 49.9 Å². The summed E-state index contributed by atoms with van der Waals surface area (Å²) < 4.78 is 5.37. The quantitative estimate of drug-likeness (QED) is 0.855. The summed E-state index contributed by atoms with van der Waals surface area (Å²) in [5, 5.41) is 7.98. The molecule has 1 amide bonds. The number of halogens is 2. The Kier molecular flexibility index (Phi) is 6.14. The molecule has 0 bridgehead atoms. The summed E-state index contributed by atoms with van der Waals surface area (Å²) in [4.78, 5) is 14.8. The lowest BCUT2D eigenvalue weighted by molar-refractivity contribution is 0.0623. The van der Waals surface area contributed by atoms with Gasteiger partial charge in [-0.25, -0.2) is 0 Å². The van der Waals surface area contributed by atoms with Gasteiger partial charge in [-0.1, -0.05) is 55.7 Å². The smallest absolute Gasteiger partial charge is 0.276 e. The van der Waals surface area contributed by atoms with Crippen molar-refractivity contribution in [3.63, 3.8) is 0 Å². The summed E-state index contributed by atoms with van der Waals surface area (Å²) in [7, 11) is 0. The molecule has 25 heavy (non-hydrogen) atoms. The van der Waals surface area contributed by atoms with Crippen LogP contribution >= 0.6 is 24.0 Å². The van der Waals surface area contributed by atoms with Gasteiger partial charge in [-0.05, 0) is 11.6 Å². The maximum absolute atomic E-state index is 13.0. The van der Waals surface area contributed by atoms with Crippen molar-refractivity contribution in [2.24, 2.45) is 0 Å². The van der Waals surface area contributed by atoms with Crippen molar-refractivity contribution >= 4 is 29.9 Å². The number of hydrogen-bond donors (Lipinski definition) is 1. The Labute approximate surface area is 159 Å². The lowest BCUT2D eigenvalue weighted by atomic mass is 9.93. The van der Waals surface area contributed by atoms with E-state index in [1.165, 1.54) is 0 Å². The van der Waals surface area contributed by atoms with Gasteiger partial charge in [0, 0.05) is 36.1 Å². The largest absolute Gasteiger partial charge is 0.360 e. The third kappa shape index (κ3) is 4.17. The molecule has 2 aromatic rings. The van der Waals surface area contributed by atoms with E-state index in [2.05, 4.69) is 10.5 Å². The highest BCUT2D eigenvalue weighted by atomic mass is 35.5. The third-order valence-corrected chi connectivity index (χ3v) is 4.58. The minimum atomic E-state index is -0.183. The van der Waals surface area contributed by atoms with Crippen LogP contribution in [0.2, 0.25) is 5.02 Å². The number of carbonyl (C=O) groups is 1. The zero-order valence-electron chi connectivity index (χ0n) is 14.6. The molecule has 0 spiro atoms. The summed E-state index contributed by atoms with van der Waals surface area (Å²) in [6.45, 7) is 8.10. The lowest BCUT2D eigenvalue weighted by Crippen LogP contribution is -2.48. The average Bonchev–Trinajstić information content (AvgIpc) is 3.05. The van der Waals surface area contributed by atoms with Gasteiger partial charge in [0.05, 0.1) is 6.04 Å². The summed E-state index contributed by atoms with van der Waals surface area (Å²) in [6.07, 6.45) is 0. The van der Waals surface area contributed by atoms with E-state index in [0.717, 1.165) is 12.1 Å². The van der Waals surface area contributed by atoms with Gasteiger partial charge in [0.1, 0.15) is 5.76 Å². The van der Waals surface area contributed by atoms with Crippen molar-refractivity contribution in [2.75, 3.05) is 19.6 Å². The van der Waals surface area contributed by atoms with Crippen molar-refractivity contribution in [3.8, 4) is 0 Å². The Hall–Kier alpha value is -1.56. The van der Waals surface area contributed by atoms with Crippen LogP contribution in [0.5, 0.6) is 0 Å². The van der Waals surface area contributed by atoms with Gasteiger partial charge in [0.15, 0.2) is 5.69 Å². The van der Waals surface area contributed by atoms with Crippen LogP contribution in [0.3, 0.4) is 0 Å². The topological polar surface area (TPSA) is 58.4 Å². The van der Waals surface area contributed by atoms with Gasteiger partial charge >= 0.3 is 0 Å². The second-order valence-electron chi connectivity index (χ2n) is 7.07. The minimum Gasteiger partial charge on any atom is -0.360 e. The van der Waals surface area contributed by atoms with Gasteiger partial charge in [-0.2, -0.15) is 0 Å². The first-order chi connectivity index (χ1) is 11.4. The molecule has 1 aromatic carbocycles. The second kappa shape index (κ2) is 7.77. The van der Waals surface area contributed by atoms with Crippen LogP contribution in [0.1, 0.15) is 48.6 Å². The Morgan fingerprint density at radius 3 is 2.72 bits per heavy atom. The van der Waals surface area contributed by atoms with Gasteiger partial charge in [-0.15, -0.1) is 12.4 Å². The molecule has 7 heteroatoms. The predicted octanol–water partition coefficient (Wildman–Crippen LogP) is 3.83. The molecule has 3 rings (SSSR count). The number of rotatable bonds is 2. The first-order valence-electron chi connectivity index (χ1n) is 8.11. The van der Waals surface area contributed by atoms with Crippen LogP contribution < -0.4 is 5.32 Å². The van der Waals surface area contributed by atoms with E-state index in [0.29, 0.717) is 29.6 Å². The first kappa shape index (κ1) is 19.8. The van der Waals surface area contributed by atoms with Crippen molar-refractivity contribution in [2.45, 2.75) is 32.2 Å². The number of nitrogens with one attached hydrogen (secondary N) is 1. The molecule has 0 aliphatic carbocycles. The molecule has 1 unspecified atom stereocenters. The number of nitrogens with zero attached hydrogens (tertiary/aromatic N) is 2. The highest BCUT2D eigenvalue weighted by Gasteiger charge is 2.32.